The van der Waals surface area contributed by atoms with Gasteiger partial charge in [-0.25, -0.2) is 8.78 Å². The van der Waals surface area contributed by atoms with Crippen LogP contribution in [0.3, 0.4) is 0 Å². The maximum atomic E-state index is 14.5. The number of hydrogen-bond acceptors (Lipinski definition) is 2. The molecule has 1 N–H and O–H groups in total. The van der Waals surface area contributed by atoms with Crippen LogP contribution in [0.4, 0.5) is 27.6 Å². The third-order valence-electron chi connectivity index (χ3n) is 4.24. The Morgan fingerprint density at radius 3 is 2.37 bits per heavy atom. The summed E-state index contributed by atoms with van der Waals surface area (Å²) in [4.78, 5) is 0. The average molecular weight is 381 g/mol. The number of nitrogens with zero attached hydrogens (tertiary/aromatic N) is 2. The normalized spacial score (nSPS) is 11.7. The van der Waals surface area contributed by atoms with Crippen LogP contribution in [-0.2, 0) is 19.8 Å². The molecular weight excluding hydrogens is 365 g/mol. The second-order valence-corrected chi connectivity index (χ2v) is 6.12. The van der Waals surface area contributed by atoms with Crippen LogP contribution in [0.15, 0.2) is 42.5 Å². The van der Waals surface area contributed by atoms with Gasteiger partial charge in [-0.3, -0.25) is 4.68 Å². The van der Waals surface area contributed by atoms with E-state index < -0.39 is 17.7 Å². The summed E-state index contributed by atoms with van der Waals surface area (Å²) in [6.07, 6.45) is -4.61. The number of halogens is 5. The van der Waals surface area contributed by atoms with E-state index in [0.29, 0.717) is 11.3 Å². The van der Waals surface area contributed by atoms with E-state index in [2.05, 4.69) is 10.4 Å². The van der Waals surface area contributed by atoms with E-state index in [1.807, 2.05) is 0 Å². The molecular formula is C19H16F5N3. The molecule has 0 radical (unpaired) electrons. The van der Waals surface area contributed by atoms with E-state index >= 15 is 0 Å². The molecule has 0 fully saturated rings. The first kappa shape index (κ1) is 18.9. The lowest BCUT2D eigenvalue weighted by Gasteiger charge is -2.11. The Kier molecular flexibility index (Phi) is 4.91. The molecule has 2 aromatic carbocycles. The Bertz CT molecular complexity index is 956. The quantitative estimate of drug-likeness (QED) is 0.621. The van der Waals surface area contributed by atoms with Gasteiger partial charge in [-0.15, -0.1) is 0 Å². The summed E-state index contributed by atoms with van der Waals surface area (Å²) >= 11 is 0. The number of aromatic nitrogens is 2. The maximum Gasteiger partial charge on any atom is 0.435 e. The smallest absolute Gasteiger partial charge is 0.381 e. The first-order valence-electron chi connectivity index (χ1n) is 8.06. The van der Waals surface area contributed by atoms with Crippen molar-refractivity contribution in [3.05, 3.63) is 70.9 Å². The number of nitrogens with one attached hydrogen (secondary N) is 1. The predicted molar refractivity (Wildman–Crippen MR) is 92.1 cm³/mol. The number of hydrogen-bond donors (Lipinski definition) is 1. The number of rotatable bonds is 4. The van der Waals surface area contributed by atoms with Crippen molar-refractivity contribution in [2.24, 2.45) is 7.05 Å². The molecule has 0 amide bonds. The molecule has 3 aromatic rings. The molecule has 3 nitrogen and oxygen atoms in total. The monoisotopic (exact) mass is 381 g/mol. The minimum atomic E-state index is -4.61. The van der Waals surface area contributed by atoms with Crippen LogP contribution in [0.25, 0.3) is 11.3 Å². The molecule has 0 spiro atoms. The van der Waals surface area contributed by atoms with Crippen LogP contribution in [0, 0.1) is 18.6 Å². The van der Waals surface area contributed by atoms with Crippen LogP contribution in [0.2, 0.25) is 0 Å². The van der Waals surface area contributed by atoms with Crippen molar-refractivity contribution in [2.45, 2.75) is 19.6 Å². The molecule has 0 aliphatic heterocycles. The minimum Gasteiger partial charge on any atom is -0.381 e. The first-order valence-corrected chi connectivity index (χ1v) is 8.06. The van der Waals surface area contributed by atoms with Crippen molar-refractivity contribution in [1.29, 1.82) is 0 Å². The molecule has 0 bridgehead atoms. The van der Waals surface area contributed by atoms with Crippen LogP contribution >= 0.6 is 0 Å². The topological polar surface area (TPSA) is 29.9 Å². The summed E-state index contributed by atoms with van der Waals surface area (Å²) < 4.78 is 67.6. The summed E-state index contributed by atoms with van der Waals surface area (Å²) in [7, 11) is 1.32. The zero-order valence-corrected chi connectivity index (χ0v) is 14.5. The van der Waals surface area contributed by atoms with Gasteiger partial charge in [0.25, 0.3) is 0 Å². The van der Waals surface area contributed by atoms with Gasteiger partial charge in [0.05, 0.1) is 5.69 Å². The summed E-state index contributed by atoms with van der Waals surface area (Å²) in [5.41, 5.74) is 0.524. The van der Waals surface area contributed by atoms with Gasteiger partial charge >= 0.3 is 6.18 Å². The van der Waals surface area contributed by atoms with Crippen molar-refractivity contribution < 1.29 is 22.0 Å². The summed E-state index contributed by atoms with van der Waals surface area (Å²) in [6, 6.07) is 9.56. The van der Waals surface area contributed by atoms with E-state index in [1.54, 1.807) is 19.1 Å². The van der Waals surface area contributed by atoms with Gasteiger partial charge < -0.3 is 5.32 Å². The van der Waals surface area contributed by atoms with Crippen LogP contribution in [0.1, 0.15) is 16.8 Å². The van der Waals surface area contributed by atoms with Gasteiger partial charge in [0, 0.05) is 30.4 Å². The Morgan fingerprint density at radius 2 is 1.78 bits per heavy atom. The number of alkyl halides is 3. The van der Waals surface area contributed by atoms with Crippen LogP contribution in [-0.4, -0.2) is 9.78 Å². The lowest BCUT2D eigenvalue weighted by molar-refractivity contribution is -0.141. The molecule has 0 atom stereocenters. The largest absolute Gasteiger partial charge is 0.435 e. The SMILES string of the molecule is Cc1cccc(F)c1CNc1ccc(-c2cc(C(F)(F)F)nn2C)c(F)c1. The highest BCUT2D eigenvalue weighted by atomic mass is 19.4. The number of benzene rings is 2. The summed E-state index contributed by atoms with van der Waals surface area (Å²) in [6.45, 7) is 1.92. The van der Waals surface area contributed by atoms with Crippen LogP contribution in [0.5, 0.6) is 0 Å². The standard InChI is InChI=1S/C19H16F5N3/c1-11-4-3-5-15(20)14(11)10-25-12-6-7-13(16(21)8-12)17-9-18(19(22,23)24)26-27(17)2/h3-9,25H,10H2,1-2H3. The predicted octanol–water partition coefficient (Wildman–Crippen LogP) is 5.30. The second kappa shape index (κ2) is 7.02. The number of anilines is 1. The van der Waals surface area contributed by atoms with Crippen LogP contribution < -0.4 is 5.32 Å². The highest BCUT2D eigenvalue weighted by Crippen LogP contribution is 2.33. The molecule has 0 unspecified atom stereocenters. The maximum absolute atomic E-state index is 14.5. The van der Waals surface area contributed by atoms with Gasteiger partial charge in [0.15, 0.2) is 5.69 Å². The first-order chi connectivity index (χ1) is 12.7. The molecule has 0 saturated heterocycles. The van der Waals surface area contributed by atoms with Crippen molar-refractivity contribution >= 4 is 5.69 Å². The zero-order chi connectivity index (χ0) is 19.8. The second-order valence-electron chi connectivity index (χ2n) is 6.12. The fraction of sp³-hybridized carbons (Fsp3) is 0.211. The lowest BCUT2D eigenvalue weighted by Crippen LogP contribution is -2.06. The zero-order valence-electron chi connectivity index (χ0n) is 14.5. The van der Waals surface area contributed by atoms with Crippen molar-refractivity contribution in [2.75, 3.05) is 5.32 Å². The van der Waals surface area contributed by atoms with E-state index in [4.69, 9.17) is 0 Å². The molecule has 1 aromatic heterocycles. The Hall–Kier alpha value is -2.90. The van der Waals surface area contributed by atoms with Crippen molar-refractivity contribution in [3.8, 4) is 11.3 Å². The van der Waals surface area contributed by atoms with Crippen molar-refractivity contribution in [3.63, 3.8) is 0 Å². The third-order valence-corrected chi connectivity index (χ3v) is 4.24. The van der Waals surface area contributed by atoms with Gasteiger partial charge in [0.1, 0.15) is 11.6 Å². The van der Waals surface area contributed by atoms with Crippen molar-refractivity contribution in [1.82, 2.24) is 9.78 Å². The van der Waals surface area contributed by atoms with Gasteiger partial charge in [-0.2, -0.15) is 18.3 Å². The molecule has 27 heavy (non-hydrogen) atoms. The highest BCUT2D eigenvalue weighted by molar-refractivity contribution is 5.64. The molecule has 0 aliphatic carbocycles. The van der Waals surface area contributed by atoms with Gasteiger partial charge in [0.2, 0.25) is 0 Å². The average Bonchev–Trinajstić information content (AvgIpc) is 2.96. The molecule has 142 valence electrons. The fourth-order valence-corrected chi connectivity index (χ4v) is 2.77. The minimum absolute atomic E-state index is 0.00637. The molecule has 8 heteroatoms. The summed E-state index contributed by atoms with van der Waals surface area (Å²) in [5.74, 6) is -1.07. The molecule has 3 rings (SSSR count). The Morgan fingerprint density at radius 1 is 1.04 bits per heavy atom. The molecule has 1 heterocycles. The van der Waals surface area contributed by atoms with E-state index in [9.17, 15) is 22.0 Å². The fourth-order valence-electron chi connectivity index (χ4n) is 2.77. The lowest BCUT2D eigenvalue weighted by atomic mass is 10.1. The van der Waals surface area contributed by atoms with E-state index in [1.165, 1.54) is 25.2 Å². The number of aryl methyl sites for hydroxylation is 2. The summed E-state index contributed by atoms with van der Waals surface area (Å²) in [5, 5.41) is 6.31. The molecule has 0 saturated carbocycles. The highest BCUT2D eigenvalue weighted by Gasteiger charge is 2.35. The van der Waals surface area contributed by atoms with E-state index in [-0.39, 0.29) is 23.6 Å². The van der Waals surface area contributed by atoms with Gasteiger partial charge in [-0.1, -0.05) is 12.1 Å². The Balaban J connectivity index is 1.83. The van der Waals surface area contributed by atoms with Gasteiger partial charge in [-0.05, 0) is 42.8 Å². The van der Waals surface area contributed by atoms with E-state index in [0.717, 1.165) is 22.4 Å². The molecule has 0 aliphatic rings. The third kappa shape index (κ3) is 3.94. The Labute approximate surface area is 152 Å².